The van der Waals surface area contributed by atoms with Gasteiger partial charge in [0.05, 0.1) is 42.2 Å². The van der Waals surface area contributed by atoms with E-state index in [-0.39, 0.29) is 17.7 Å². The van der Waals surface area contributed by atoms with Crippen molar-refractivity contribution in [2.24, 2.45) is 0 Å². The molecule has 9 nitrogen and oxygen atoms in total. The average molecular weight is 462 g/mol. The molecule has 0 bridgehead atoms. The first-order valence-electron chi connectivity index (χ1n) is 11.4. The predicted molar refractivity (Wildman–Crippen MR) is 124 cm³/mol. The molecule has 6 rings (SSSR count). The van der Waals surface area contributed by atoms with Gasteiger partial charge in [-0.3, -0.25) is 9.48 Å². The summed E-state index contributed by atoms with van der Waals surface area (Å²) in [5.41, 5.74) is 2.16. The molecular weight excluding hydrogens is 437 g/mol. The number of aromatic amines is 1. The second kappa shape index (κ2) is 7.98. The van der Waals surface area contributed by atoms with Crippen LogP contribution in [0, 0.1) is 12.7 Å². The minimum Gasteiger partial charge on any atom is -0.367 e. The molecule has 3 aromatic heterocycles. The Hall–Kier alpha value is -3.66. The fraction of sp³-hybridized carbons (Fsp3) is 0.375. The number of aromatic nitrogens is 6. The van der Waals surface area contributed by atoms with Crippen molar-refractivity contribution in [3.8, 4) is 11.3 Å². The van der Waals surface area contributed by atoms with Crippen LogP contribution in [0.25, 0.3) is 22.2 Å². The zero-order chi connectivity index (χ0) is 23.4. The molecule has 2 atom stereocenters. The van der Waals surface area contributed by atoms with Crippen LogP contribution in [-0.2, 0) is 4.74 Å². The molecule has 1 aliphatic heterocycles. The van der Waals surface area contributed by atoms with Gasteiger partial charge < -0.3 is 9.64 Å². The summed E-state index contributed by atoms with van der Waals surface area (Å²) in [6, 6.07) is 5.43. The van der Waals surface area contributed by atoms with Gasteiger partial charge in [0.1, 0.15) is 17.4 Å². The van der Waals surface area contributed by atoms with Crippen molar-refractivity contribution >= 4 is 16.9 Å². The molecule has 34 heavy (non-hydrogen) atoms. The molecule has 1 saturated carbocycles. The van der Waals surface area contributed by atoms with Crippen molar-refractivity contribution in [1.29, 1.82) is 0 Å². The molecule has 10 heteroatoms. The number of nitrogens with zero attached hydrogens (tertiary/aromatic N) is 6. The zero-order valence-corrected chi connectivity index (χ0v) is 18.9. The molecule has 2 aliphatic rings. The van der Waals surface area contributed by atoms with E-state index in [9.17, 15) is 9.18 Å². The van der Waals surface area contributed by atoms with Crippen LogP contribution < -0.4 is 10.5 Å². The van der Waals surface area contributed by atoms with Crippen LogP contribution in [-0.4, -0.2) is 49.1 Å². The summed E-state index contributed by atoms with van der Waals surface area (Å²) in [6.45, 7) is 4.84. The van der Waals surface area contributed by atoms with Crippen molar-refractivity contribution in [3.05, 3.63) is 64.1 Å². The van der Waals surface area contributed by atoms with Crippen LogP contribution in [0.4, 0.5) is 10.3 Å². The van der Waals surface area contributed by atoms with Crippen LogP contribution >= 0.6 is 0 Å². The molecule has 2 fully saturated rings. The van der Waals surface area contributed by atoms with Crippen molar-refractivity contribution < 1.29 is 9.13 Å². The lowest BCUT2D eigenvalue weighted by molar-refractivity contribution is -0.0178. The molecule has 1 aliphatic carbocycles. The minimum absolute atomic E-state index is 0.0994. The van der Waals surface area contributed by atoms with Gasteiger partial charge in [0, 0.05) is 23.9 Å². The Morgan fingerprint density at radius 1 is 1.18 bits per heavy atom. The van der Waals surface area contributed by atoms with E-state index in [2.05, 4.69) is 20.3 Å². The predicted octanol–water partition coefficient (Wildman–Crippen LogP) is 3.33. The fourth-order valence-corrected chi connectivity index (χ4v) is 4.48. The van der Waals surface area contributed by atoms with Gasteiger partial charge in [0.15, 0.2) is 0 Å². The standard InChI is InChI=1S/C24H24FN7O2/c1-13-3-6-17(19(25)7-13)21-18-9-26-30-23(33)22(18)29-24(28-21)31-10-14(2)34-20(12-31)15-8-27-32(11-15)16-4-5-16/h3,6-9,11,14,16,20H,4-5,10,12H2,1-2H3,(H,30,33)/t14-,20-/m1/s1. The van der Waals surface area contributed by atoms with Crippen LogP contribution in [0.3, 0.4) is 0 Å². The number of rotatable bonds is 4. The van der Waals surface area contributed by atoms with E-state index in [1.807, 2.05) is 41.9 Å². The third kappa shape index (κ3) is 3.73. The highest BCUT2D eigenvalue weighted by Gasteiger charge is 2.31. The average Bonchev–Trinajstić information content (AvgIpc) is 3.55. The van der Waals surface area contributed by atoms with E-state index in [1.54, 1.807) is 6.07 Å². The van der Waals surface area contributed by atoms with Crippen molar-refractivity contribution in [2.45, 2.75) is 44.9 Å². The SMILES string of the molecule is Cc1ccc(-c2nc(N3C[C@@H](C)O[C@@H](c4cnn(C5CC5)c4)C3)nc3c(=O)[nH]ncc23)c(F)c1. The summed E-state index contributed by atoms with van der Waals surface area (Å²) < 4.78 is 23.2. The summed E-state index contributed by atoms with van der Waals surface area (Å²) in [6.07, 6.45) is 7.35. The van der Waals surface area contributed by atoms with Gasteiger partial charge in [0.2, 0.25) is 5.95 Å². The molecule has 0 radical (unpaired) electrons. The summed E-state index contributed by atoms with van der Waals surface area (Å²) in [7, 11) is 0. The smallest absolute Gasteiger partial charge is 0.290 e. The number of anilines is 1. The third-order valence-electron chi connectivity index (χ3n) is 6.35. The van der Waals surface area contributed by atoms with Crippen LogP contribution in [0.15, 0.2) is 41.6 Å². The maximum Gasteiger partial charge on any atom is 0.290 e. The zero-order valence-electron chi connectivity index (χ0n) is 18.9. The summed E-state index contributed by atoms with van der Waals surface area (Å²) in [4.78, 5) is 23.9. The van der Waals surface area contributed by atoms with E-state index in [0.717, 1.165) is 24.0 Å². The summed E-state index contributed by atoms with van der Waals surface area (Å²) in [5, 5.41) is 11.2. The molecule has 1 N–H and O–H groups in total. The van der Waals surface area contributed by atoms with E-state index >= 15 is 0 Å². The van der Waals surface area contributed by atoms with E-state index < -0.39 is 11.4 Å². The number of halogens is 1. The second-order valence-electron chi connectivity index (χ2n) is 9.14. The molecular formula is C24H24FN7O2. The lowest BCUT2D eigenvalue weighted by atomic mass is 10.1. The van der Waals surface area contributed by atoms with Crippen LogP contribution in [0.2, 0.25) is 0 Å². The minimum atomic E-state index is -0.446. The fourth-order valence-electron chi connectivity index (χ4n) is 4.48. The molecule has 0 amide bonds. The van der Waals surface area contributed by atoms with E-state index in [1.165, 1.54) is 12.3 Å². The number of benzene rings is 1. The number of morpholine rings is 1. The topological polar surface area (TPSA) is 102 Å². The Balaban J connectivity index is 1.43. The Kier molecular flexibility index (Phi) is 4.91. The number of fused-ring (bicyclic) bond motifs is 1. The number of H-pyrrole nitrogens is 1. The highest BCUT2D eigenvalue weighted by Crippen LogP contribution is 2.36. The molecule has 0 spiro atoms. The molecule has 4 heterocycles. The number of nitrogens with one attached hydrogen (secondary N) is 1. The third-order valence-corrected chi connectivity index (χ3v) is 6.35. The van der Waals surface area contributed by atoms with Gasteiger partial charge in [-0.1, -0.05) is 6.07 Å². The first kappa shape index (κ1) is 20.9. The largest absolute Gasteiger partial charge is 0.367 e. The summed E-state index contributed by atoms with van der Waals surface area (Å²) in [5.74, 6) is -0.0548. The van der Waals surface area contributed by atoms with E-state index in [4.69, 9.17) is 9.72 Å². The Bertz CT molecular complexity index is 1450. The number of hydrogen-bond acceptors (Lipinski definition) is 7. The Morgan fingerprint density at radius 3 is 2.82 bits per heavy atom. The molecule has 1 saturated heterocycles. The van der Waals surface area contributed by atoms with Crippen LogP contribution in [0.1, 0.15) is 43.0 Å². The highest BCUT2D eigenvalue weighted by molar-refractivity contribution is 5.92. The van der Waals surface area contributed by atoms with Gasteiger partial charge in [0.25, 0.3) is 5.56 Å². The number of aryl methyl sites for hydroxylation is 1. The van der Waals surface area contributed by atoms with Gasteiger partial charge in [-0.25, -0.2) is 19.5 Å². The van der Waals surface area contributed by atoms with Gasteiger partial charge in [-0.2, -0.15) is 10.2 Å². The lowest BCUT2D eigenvalue weighted by Gasteiger charge is -2.36. The first-order chi connectivity index (χ1) is 16.5. The van der Waals surface area contributed by atoms with Crippen molar-refractivity contribution in [2.75, 3.05) is 18.0 Å². The maximum atomic E-state index is 14.9. The normalized spacial score (nSPS) is 20.7. The first-order valence-corrected chi connectivity index (χ1v) is 11.4. The summed E-state index contributed by atoms with van der Waals surface area (Å²) >= 11 is 0. The van der Waals surface area contributed by atoms with Gasteiger partial charge in [-0.15, -0.1) is 0 Å². The number of ether oxygens (including phenoxy) is 1. The Labute approximate surface area is 194 Å². The Morgan fingerprint density at radius 2 is 2.03 bits per heavy atom. The highest BCUT2D eigenvalue weighted by atomic mass is 19.1. The van der Waals surface area contributed by atoms with Crippen molar-refractivity contribution in [3.63, 3.8) is 0 Å². The molecule has 0 unspecified atom stereocenters. The second-order valence-corrected chi connectivity index (χ2v) is 9.14. The van der Waals surface area contributed by atoms with Crippen LogP contribution in [0.5, 0.6) is 0 Å². The molecule has 174 valence electrons. The quantitative estimate of drug-likeness (QED) is 0.497. The van der Waals surface area contributed by atoms with Gasteiger partial charge >= 0.3 is 0 Å². The molecule has 1 aromatic carbocycles. The van der Waals surface area contributed by atoms with Gasteiger partial charge in [-0.05, 0) is 44.4 Å². The number of hydrogen-bond donors (Lipinski definition) is 1. The van der Waals surface area contributed by atoms with Crippen molar-refractivity contribution in [1.82, 2.24) is 29.9 Å². The van der Waals surface area contributed by atoms with E-state index in [0.29, 0.717) is 41.7 Å². The molecule has 4 aromatic rings. The monoisotopic (exact) mass is 461 g/mol. The lowest BCUT2D eigenvalue weighted by Crippen LogP contribution is -2.43. The maximum absolute atomic E-state index is 14.9.